The minimum atomic E-state index is -1.01. The molecule has 0 spiro atoms. The average molecular weight is 466 g/mol. The summed E-state index contributed by atoms with van der Waals surface area (Å²) in [5.41, 5.74) is -0.751. The van der Waals surface area contributed by atoms with E-state index in [1.54, 1.807) is 24.4 Å². The maximum absolute atomic E-state index is 12.6. The Morgan fingerprint density at radius 1 is 1.26 bits per heavy atom. The number of thiophene rings is 1. The number of esters is 2. The van der Waals surface area contributed by atoms with E-state index in [0.29, 0.717) is 4.88 Å². The molecule has 10 nitrogen and oxygen atoms in total. The second-order valence-corrected chi connectivity index (χ2v) is 7.57. The summed E-state index contributed by atoms with van der Waals surface area (Å²) in [7, 11) is 0. The molecule has 0 fully saturated rings. The van der Waals surface area contributed by atoms with E-state index in [1.165, 1.54) is 23.5 Å². The molecule has 0 saturated heterocycles. The fourth-order valence-electron chi connectivity index (χ4n) is 2.89. The predicted molar refractivity (Wildman–Crippen MR) is 111 cm³/mol. The highest BCUT2D eigenvalue weighted by molar-refractivity contribution is 7.10. The number of hydrogen-bond acceptors (Lipinski definition) is 8. The lowest BCUT2D eigenvalue weighted by Gasteiger charge is -2.28. The van der Waals surface area contributed by atoms with E-state index in [9.17, 15) is 24.5 Å². The number of ether oxygens (including phenoxy) is 2. The number of carbonyl (C=O) groups is 3. The third-order valence-corrected chi connectivity index (χ3v) is 5.37. The van der Waals surface area contributed by atoms with Gasteiger partial charge in [0, 0.05) is 16.0 Å². The summed E-state index contributed by atoms with van der Waals surface area (Å²) in [5.74, 6) is -1.71. The number of halogens is 1. The van der Waals surface area contributed by atoms with Gasteiger partial charge in [0.15, 0.2) is 0 Å². The van der Waals surface area contributed by atoms with Crippen LogP contribution in [0.1, 0.15) is 28.2 Å². The van der Waals surface area contributed by atoms with Crippen molar-refractivity contribution in [1.82, 2.24) is 10.6 Å². The summed E-state index contributed by atoms with van der Waals surface area (Å²) in [6, 6.07) is 5.60. The van der Waals surface area contributed by atoms with E-state index in [4.69, 9.17) is 21.1 Å². The standard InChI is InChI=1S/C19H16ClN3O7S/c1-2-29-18(25)15-12(21-19(26)22-16(15)14-4-3-7-31-14)9-30-17(24)11-6-5-10(20)8-13(11)23(27)28/h3-8,16H,2,9H2,1H3,(H2,21,22,26). The number of nitrogens with zero attached hydrogens (tertiary/aromatic N) is 1. The molecule has 0 aliphatic carbocycles. The maximum Gasteiger partial charge on any atom is 0.345 e. The number of urea groups is 1. The Morgan fingerprint density at radius 3 is 2.68 bits per heavy atom. The van der Waals surface area contributed by atoms with Crippen LogP contribution in [0.3, 0.4) is 0 Å². The maximum atomic E-state index is 12.6. The van der Waals surface area contributed by atoms with Crippen molar-refractivity contribution in [2.24, 2.45) is 0 Å². The Morgan fingerprint density at radius 2 is 2.03 bits per heavy atom. The molecule has 1 aromatic carbocycles. The Balaban J connectivity index is 1.92. The Hall–Kier alpha value is -3.44. The lowest BCUT2D eigenvalue weighted by molar-refractivity contribution is -0.385. The summed E-state index contributed by atoms with van der Waals surface area (Å²) < 4.78 is 10.3. The van der Waals surface area contributed by atoms with Gasteiger partial charge < -0.3 is 20.1 Å². The lowest BCUT2D eigenvalue weighted by Crippen LogP contribution is -2.46. The number of nitro groups is 1. The molecule has 12 heteroatoms. The lowest BCUT2D eigenvalue weighted by atomic mass is 10.0. The van der Waals surface area contributed by atoms with Crippen LogP contribution in [0.15, 0.2) is 47.0 Å². The zero-order valence-electron chi connectivity index (χ0n) is 16.0. The smallest absolute Gasteiger partial charge is 0.345 e. The van der Waals surface area contributed by atoms with E-state index >= 15 is 0 Å². The Labute approximate surface area is 184 Å². The van der Waals surface area contributed by atoms with Gasteiger partial charge in [0.25, 0.3) is 5.69 Å². The van der Waals surface area contributed by atoms with Gasteiger partial charge in [-0.25, -0.2) is 14.4 Å². The largest absolute Gasteiger partial charge is 0.463 e. The van der Waals surface area contributed by atoms with Crippen LogP contribution in [0.4, 0.5) is 10.5 Å². The van der Waals surface area contributed by atoms with Crippen LogP contribution in [-0.2, 0) is 14.3 Å². The van der Waals surface area contributed by atoms with Crippen molar-refractivity contribution in [2.45, 2.75) is 13.0 Å². The number of carbonyl (C=O) groups excluding carboxylic acids is 3. The molecule has 162 valence electrons. The number of hydrogen-bond donors (Lipinski definition) is 2. The molecule has 3 rings (SSSR count). The van der Waals surface area contributed by atoms with Crippen LogP contribution in [-0.4, -0.2) is 36.1 Å². The summed E-state index contributed by atoms with van der Waals surface area (Å²) in [6.45, 7) is 1.21. The van der Waals surface area contributed by atoms with Crippen molar-refractivity contribution >= 4 is 46.6 Å². The van der Waals surface area contributed by atoms with Crippen LogP contribution in [0.25, 0.3) is 0 Å². The minimum absolute atomic E-state index is 0.0190. The molecule has 1 unspecified atom stereocenters. The molecule has 1 aliphatic rings. The molecule has 0 saturated carbocycles. The monoisotopic (exact) mass is 465 g/mol. The Kier molecular flexibility index (Phi) is 6.88. The highest BCUT2D eigenvalue weighted by Crippen LogP contribution is 2.31. The van der Waals surface area contributed by atoms with Crippen molar-refractivity contribution in [1.29, 1.82) is 0 Å². The van der Waals surface area contributed by atoms with Crippen LogP contribution in [0.2, 0.25) is 5.02 Å². The van der Waals surface area contributed by atoms with Crippen molar-refractivity contribution in [3.05, 3.63) is 72.6 Å². The molecule has 2 amide bonds. The molecule has 2 N–H and O–H groups in total. The zero-order valence-corrected chi connectivity index (χ0v) is 17.6. The third-order valence-electron chi connectivity index (χ3n) is 4.20. The van der Waals surface area contributed by atoms with Crippen LogP contribution < -0.4 is 10.6 Å². The molecule has 31 heavy (non-hydrogen) atoms. The van der Waals surface area contributed by atoms with Crippen LogP contribution in [0.5, 0.6) is 0 Å². The average Bonchev–Trinajstić information content (AvgIpc) is 3.26. The van der Waals surface area contributed by atoms with Gasteiger partial charge in [-0.1, -0.05) is 17.7 Å². The number of nitro benzene ring substituents is 1. The van der Waals surface area contributed by atoms with E-state index in [1.807, 2.05) is 0 Å². The minimum Gasteiger partial charge on any atom is -0.463 e. The van der Waals surface area contributed by atoms with Crippen molar-refractivity contribution in [3.63, 3.8) is 0 Å². The number of rotatable bonds is 7. The molecular weight excluding hydrogens is 450 g/mol. The van der Waals surface area contributed by atoms with Gasteiger partial charge in [-0.2, -0.15) is 0 Å². The first kappa shape index (κ1) is 22.2. The van der Waals surface area contributed by atoms with Crippen LogP contribution in [0, 0.1) is 10.1 Å². The fourth-order valence-corrected chi connectivity index (χ4v) is 3.85. The molecule has 2 aromatic rings. The topological polar surface area (TPSA) is 137 Å². The molecule has 0 bridgehead atoms. The van der Waals surface area contributed by atoms with Crippen molar-refractivity contribution in [3.8, 4) is 0 Å². The first-order chi connectivity index (χ1) is 14.8. The third kappa shape index (κ3) is 5.01. The van der Waals surface area contributed by atoms with Gasteiger partial charge in [0.05, 0.1) is 28.8 Å². The van der Waals surface area contributed by atoms with Gasteiger partial charge >= 0.3 is 18.0 Å². The fraction of sp³-hybridized carbons (Fsp3) is 0.211. The van der Waals surface area contributed by atoms with Crippen LogP contribution >= 0.6 is 22.9 Å². The number of benzene rings is 1. The quantitative estimate of drug-likeness (QED) is 0.363. The molecular formula is C19H16ClN3O7S. The Bertz CT molecular complexity index is 1070. The first-order valence-electron chi connectivity index (χ1n) is 8.94. The molecule has 1 aliphatic heterocycles. The van der Waals surface area contributed by atoms with E-state index in [-0.39, 0.29) is 28.5 Å². The molecule has 0 radical (unpaired) electrons. The zero-order chi connectivity index (χ0) is 22.5. The van der Waals surface area contributed by atoms with Gasteiger partial charge in [-0.3, -0.25) is 10.1 Å². The normalized spacial score (nSPS) is 15.7. The highest BCUT2D eigenvalue weighted by Gasteiger charge is 2.35. The highest BCUT2D eigenvalue weighted by atomic mass is 35.5. The van der Waals surface area contributed by atoms with E-state index in [0.717, 1.165) is 6.07 Å². The summed E-state index contributed by atoms with van der Waals surface area (Å²) in [5, 5.41) is 18.2. The van der Waals surface area contributed by atoms with E-state index < -0.39 is 41.2 Å². The molecule has 1 atom stereocenters. The molecule has 2 heterocycles. The summed E-state index contributed by atoms with van der Waals surface area (Å²) in [4.78, 5) is 48.4. The summed E-state index contributed by atoms with van der Waals surface area (Å²) in [6.07, 6.45) is 0. The number of amides is 2. The number of nitrogens with one attached hydrogen (secondary N) is 2. The van der Waals surface area contributed by atoms with E-state index in [2.05, 4.69) is 10.6 Å². The van der Waals surface area contributed by atoms with Gasteiger partial charge in [0.2, 0.25) is 0 Å². The molecule has 1 aromatic heterocycles. The predicted octanol–water partition coefficient (Wildman–Crippen LogP) is 3.34. The second kappa shape index (κ2) is 9.58. The van der Waals surface area contributed by atoms with Gasteiger partial charge in [-0.05, 0) is 30.5 Å². The van der Waals surface area contributed by atoms with Crippen molar-refractivity contribution < 1.29 is 28.8 Å². The SMILES string of the molecule is CCOC(=O)C1=C(COC(=O)c2ccc(Cl)cc2[N+](=O)[O-])NC(=O)NC1c1cccs1. The summed E-state index contributed by atoms with van der Waals surface area (Å²) >= 11 is 7.08. The second-order valence-electron chi connectivity index (χ2n) is 6.15. The first-order valence-corrected chi connectivity index (χ1v) is 10.2. The van der Waals surface area contributed by atoms with Gasteiger partial charge in [0.1, 0.15) is 12.2 Å². The van der Waals surface area contributed by atoms with Crippen molar-refractivity contribution in [2.75, 3.05) is 13.2 Å². The van der Waals surface area contributed by atoms with Gasteiger partial charge in [-0.15, -0.1) is 11.3 Å².